The number of amides is 1. The number of rotatable bonds is 6. The first-order valence-corrected chi connectivity index (χ1v) is 10.7. The SMILES string of the molecule is O=C(NC(=S)Nc1ccc(S(=O)(=O)NCc2ccccc2)cc1)c1ccccc1F. The van der Waals surface area contributed by atoms with E-state index in [4.69, 9.17) is 12.2 Å². The average molecular weight is 444 g/mol. The first-order valence-electron chi connectivity index (χ1n) is 8.86. The van der Waals surface area contributed by atoms with Crippen molar-refractivity contribution in [1.82, 2.24) is 10.0 Å². The van der Waals surface area contributed by atoms with Crippen molar-refractivity contribution in [2.45, 2.75) is 11.4 Å². The summed E-state index contributed by atoms with van der Waals surface area (Å²) in [6.45, 7) is 0.176. The largest absolute Gasteiger partial charge is 0.332 e. The Morgan fingerprint density at radius 3 is 2.20 bits per heavy atom. The summed E-state index contributed by atoms with van der Waals surface area (Å²) in [6, 6.07) is 20.6. The van der Waals surface area contributed by atoms with Crippen LogP contribution in [0.5, 0.6) is 0 Å². The number of halogens is 1. The number of carbonyl (C=O) groups is 1. The topological polar surface area (TPSA) is 87.3 Å². The molecule has 154 valence electrons. The molecule has 0 fully saturated rings. The number of benzene rings is 3. The number of hydrogen-bond acceptors (Lipinski definition) is 4. The molecule has 30 heavy (non-hydrogen) atoms. The third-order valence-corrected chi connectivity index (χ3v) is 5.70. The molecule has 0 aliphatic rings. The molecule has 0 radical (unpaired) electrons. The van der Waals surface area contributed by atoms with E-state index in [-0.39, 0.29) is 22.1 Å². The summed E-state index contributed by atoms with van der Waals surface area (Å²) in [4.78, 5) is 12.2. The van der Waals surface area contributed by atoms with E-state index in [2.05, 4.69) is 15.4 Å². The van der Waals surface area contributed by atoms with Gasteiger partial charge < -0.3 is 5.32 Å². The first kappa shape index (κ1) is 21.6. The Bertz CT molecular complexity index is 1150. The van der Waals surface area contributed by atoms with Crippen molar-refractivity contribution >= 4 is 38.9 Å². The van der Waals surface area contributed by atoms with Crippen LogP contribution < -0.4 is 15.4 Å². The molecule has 9 heteroatoms. The van der Waals surface area contributed by atoms with Crippen LogP contribution >= 0.6 is 12.2 Å². The van der Waals surface area contributed by atoms with Gasteiger partial charge in [-0.2, -0.15) is 0 Å². The van der Waals surface area contributed by atoms with Crippen molar-refractivity contribution in [1.29, 1.82) is 0 Å². The summed E-state index contributed by atoms with van der Waals surface area (Å²) in [5.74, 6) is -1.34. The van der Waals surface area contributed by atoms with Crippen LogP contribution in [-0.4, -0.2) is 19.4 Å². The second-order valence-electron chi connectivity index (χ2n) is 6.22. The Morgan fingerprint density at radius 2 is 1.53 bits per heavy atom. The quantitative estimate of drug-likeness (QED) is 0.508. The highest BCUT2D eigenvalue weighted by Crippen LogP contribution is 2.15. The van der Waals surface area contributed by atoms with Gasteiger partial charge in [-0.15, -0.1) is 0 Å². The summed E-state index contributed by atoms with van der Waals surface area (Å²) < 4.78 is 41.0. The third kappa shape index (κ3) is 5.69. The van der Waals surface area contributed by atoms with Gasteiger partial charge in [-0.25, -0.2) is 17.5 Å². The highest BCUT2D eigenvalue weighted by molar-refractivity contribution is 7.89. The number of hydrogen-bond donors (Lipinski definition) is 3. The van der Waals surface area contributed by atoms with Crippen LogP contribution in [0.25, 0.3) is 0 Å². The van der Waals surface area contributed by atoms with Crippen LogP contribution in [0.4, 0.5) is 10.1 Å². The standard InChI is InChI=1S/C21H18FN3O3S2/c22-19-9-5-4-8-18(19)20(26)25-21(29)24-16-10-12-17(13-11-16)30(27,28)23-14-15-6-2-1-3-7-15/h1-13,23H,14H2,(H2,24,25,26,29). The van der Waals surface area contributed by atoms with Gasteiger partial charge in [-0.1, -0.05) is 42.5 Å². The highest BCUT2D eigenvalue weighted by atomic mass is 32.2. The Balaban J connectivity index is 1.59. The molecule has 0 unspecified atom stereocenters. The molecule has 0 atom stereocenters. The van der Waals surface area contributed by atoms with Crippen molar-refractivity contribution in [3.8, 4) is 0 Å². The van der Waals surface area contributed by atoms with Crippen LogP contribution in [0.2, 0.25) is 0 Å². The zero-order valence-corrected chi connectivity index (χ0v) is 17.3. The second kappa shape index (κ2) is 9.57. The Morgan fingerprint density at radius 1 is 0.900 bits per heavy atom. The van der Waals surface area contributed by atoms with Gasteiger partial charge in [0.05, 0.1) is 10.5 Å². The predicted octanol–water partition coefficient (Wildman–Crippen LogP) is 3.43. The van der Waals surface area contributed by atoms with Crippen LogP contribution in [0.3, 0.4) is 0 Å². The van der Waals surface area contributed by atoms with E-state index in [0.717, 1.165) is 5.56 Å². The lowest BCUT2D eigenvalue weighted by Crippen LogP contribution is -2.34. The van der Waals surface area contributed by atoms with Gasteiger partial charge in [0.2, 0.25) is 10.0 Å². The van der Waals surface area contributed by atoms with Crippen LogP contribution in [-0.2, 0) is 16.6 Å². The number of anilines is 1. The molecule has 0 aromatic heterocycles. The molecule has 1 amide bonds. The summed E-state index contributed by atoms with van der Waals surface area (Å²) >= 11 is 5.06. The molecule has 0 heterocycles. The fraction of sp³-hybridized carbons (Fsp3) is 0.0476. The third-order valence-electron chi connectivity index (χ3n) is 4.08. The maximum atomic E-state index is 13.7. The second-order valence-corrected chi connectivity index (χ2v) is 8.40. The number of sulfonamides is 1. The first-order chi connectivity index (χ1) is 14.3. The molecule has 3 N–H and O–H groups in total. The number of carbonyl (C=O) groups excluding carboxylic acids is 1. The van der Waals surface area contributed by atoms with Crippen molar-refractivity contribution in [3.05, 3.63) is 95.8 Å². The Labute approximate surface area is 179 Å². The smallest absolute Gasteiger partial charge is 0.260 e. The molecule has 0 bridgehead atoms. The van der Waals surface area contributed by atoms with Gasteiger partial charge in [-0.05, 0) is 54.2 Å². The van der Waals surface area contributed by atoms with Crippen LogP contribution in [0, 0.1) is 5.82 Å². The predicted molar refractivity (Wildman–Crippen MR) is 117 cm³/mol. The van der Waals surface area contributed by atoms with Gasteiger partial charge in [0.1, 0.15) is 5.82 Å². The minimum Gasteiger partial charge on any atom is -0.332 e. The zero-order chi connectivity index (χ0) is 21.6. The zero-order valence-electron chi connectivity index (χ0n) is 15.6. The fourth-order valence-electron chi connectivity index (χ4n) is 2.55. The maximum Gasteiger partial charge on any atom is 0.260 e. The normalized spacial score (nSPS) is 11.0. The molecule has 3 rings (SSSR count). The summed E-state index contributed by atoms with van der Waals surface area (Å²) in [6.07, 6.45) is 0. The van der Waals surface area contributed by atoms with E-state index >= 15 is 0 Å². The minimum absolute atomic E-state index is 0.0407. The Kier molecular flexibility index (Phi) is 6.88. The summed E-state index contributed by atoms with van der Waals surface area (Å²) in [5.41, 5.74) is 1.18. The van der Waals surface area contributed by atoms with Crippen molar-refractivity contribution < 1.29 is 17.6 Å². The summed E-state index contributed by atoms with van der Waals surface area (Å²) in [7, 11) is -3.69. The fourth-order valence-corrected chi connectivity index (χ4v) is 3.78. The minimum atomic E-state index is -3.69. The molecule has 3 aromatic rings. The highest BCUT2D eigenvalue weighted by Gasteiger charge is 2.15. The molecule has 3 aromatic carbocycles. The summed E-state index contributed by atoms with van der Waals surface area (Å²) in [5, 5.41) is 5.10. The molecule has 0 aliphatic carbocycles. The van der Waals surface area contributed by atoms with Crippen LogP contribution in [0.1, 0.15) is 15.9 Å². The van der Waals surface area contributed by atoms with E-state index in [1.807, 2.05) is 30.3 Å². The molecule has 0 saturated carbocycles. The number of thiocarbonyl (C=S) groups is 1. The lowest BCUT2D eigenvalue weighted by atomic mass is 10.2. The maximum absolute atomic E-state index is 13.7. The van der Waals surface area contributed by atoms with Gasteiger partial charge >= 0.3 is 0 Å². The van der Waals surface area contributed by atoms with E-state index in [0.29, 0.717) is 5.69 Å². The molecular formula is C21H18FN3O3S2. The Hall–Kier alpha value is -3.14. The van der Waals surface area contributed by atoms with E-state index in [1.165, 1.54) is 42.5 Å². The van der Waals surface area contributed by atoms with Gasteiger partial charge in [0.25, 0.3) is 5.91 Å². The average Bonchev–Trinajstić information content (AvgIpc) is 2.73. The van der Waals surface area contributed by atoms with Crippen molar-refractivity contribution in [2.75, 3.05) is 5.32 Å². The lowest BCUT2D eigenvalue weighted by molar-refractivity contribution is 0.0974. The molecule has 0 spiro atoms. The van der Waals surface area contributed by atoms with Crippen molar-refractivity contribution in [2.24, 2.45) is 0 Å². The van der Waals surface area contributed by atoms with Crippen LogP contribution in [0.15, 0.2) is 83.8 Å². The van der Waals surface area contributed by atoms with E-state index < -0.39 is 21.7 Å². The lowest BCUT2D eigenvalue weighted by Gasteiger charge is -2.11. The van der Waals surface area contributed by atoms with E-state index in [9.17, 15) is 17.6 Å². The van der Waals surface area contributed by atoms with Gasteiger partial charge in [-0.3, -0.25) is 10.1 Å². The molecule has 0 aliphatic heterocycles. The molecule has 6 nitrogen and oxygen atoms in total. The monoisotopic (exact) mass is 443 g/mol. The van der Waals surface area contributed by atoms with Crippen molar-refractivity contribution in [3.63, 3.8) is 0 Å². The molecular weight excluding hydrogens is 425 g/mol. The molecule has 0 saturated heterocycles. The number of nitrogens with one attached hydrogen (secondary N) is 3. The van der Waals surface area contributed by atoms with Gasteiger partial charge in [0, 0.05) is 12.2 Å². The van der Waals surface area contributed by atoms with E-state index in [1.54, 1.807) is 6.07 Å². The van der Waals surface area contributed by atoms with Gasteiger partial charge in [0.15, 0.2) is 5.11 Å².